The number of nitrogens with one attached hydrogen (secondary N) is 1. The Bertz CT molecular complexity index is 684. The number of hydrogen-bond acceptors (Lipinski definition) is 2. The molecule has 0 saturated heterocycles. The minimum atomic E-state index is -0.370. The van der Waals surface area contributed by atoms with Gasteiger partial charge in [0.25, 0.3) is 5.91 Å². The highest BCUT2D eigenvalue weighted by molar-refractivity contribution is 9.10. The summed E-state index contributed by atoms with van der Waals surface area (Å²) in [4.78, 5) is 12.2. The summed E-state index contributed by atoms with van der Waals surface area (Å²) >= 11 is 21.4. The Hall–Kier alpha value is -0.940. The number of benzene rings is 2. The molecule has 0 radical (unpaired) electrons. The maximum atomic E-state index is 12.2. The second-order valence-electron chi connectivity index (χ2n) is 4.05. The van der Waals surface area contributed by atoms with E-state index in [9.17, 15) is 4.79 Å². The van der Waals surface area contributed by atoms with E-state index >= 15 is 0 Å². The van der Waals surface area contributed by atoms with Crippen LogP contribution in [0, 0.1) is 0 Å². The number of methoxy groups -OCH3 is 1. The van der Waals surface area contributed by atoms with Crippen LogP contribution in [0.15, 0.2) is 34.8 Å². The molecule has 0 aliphatic carbocycles. The third-order valence-corrected chi connectivity index (χ3v) is 4.01. The first-order chi connectivity index (χ1) is 9.92. The van der Waals surface area contributed by atoms with Crippen LogP contribution in [0.1, 0.15) is 10.4 Å². The summed E-state index contributed by atoms with van der Waals surface area (Å²) in [7, 11) is 1.45. The van der Waals surface area contributed by atoms with Crippen LogP contribution in [0.3, 0.4) is 0 Å². The molecule has 0 aliphatic rings. The molecule has 3 nitrogen and oxygen atoms in total. The number of rotatable bonds is 3. The fraction of sp³-hybridized carbons (Fsp3) is 0.0714. The number of ether oxygens (including phenoxy) is 1. The average Bonchev–Trinajstić information content (AvgIpc) is 2.41. The van der Waals surface area contributed by atoms with Crippen molar-refractivity contribution >= 4 is 62.3 Å². The zero-order valence-corrected chi connectivity index (χ0v) is 14.6. The summed E-state index contributed by atoms with van der Waals surface area (Å²) in [6.07, 6.45) is 0. The Morgan fingerprint density at radius 3 is 2.24 bits per heavy atom. The molecular weight excluding hydrogens is 400 g/mol. The smallest absolute Gasteiger partial charge is 0.255 e. The Kier molecular flexibility index (Phi) is 5.38. The highest BCUT2D eigenvalue weighted by atomic mass is 79.9. The van der Waals surface area contributed by atoms with Crippen molar-refractivity contribution in [1.29, 1.82) is 0 Å². The highest BCUT2D eigenvalue weighted by Crippen LogP contribution is 2.34. The molecule has 0 atom stereocenters. The molecule has 0 heterocycles. The van der Waals surface area contributed by atoms with Crippen LogP contribution in [0.25, 0.3) is 0 Å². The van der Waals surface area contributed by atoms with Crippen molar-refractivity contribution in [2.24, 2.45) is 0 Å². The zero-order chi connectivity index (χ0) is 15.6. The van der Waals surface area contributed by atoms with Crippen molar-refractivity contribution in [2.75, 3.05) is 12.4 Å². The van der Waals surface area contributed by atoms with E-state index in [1.165, 1.54) is 19.2 Å². The minimum absolute atomic E-state index is 0.261. The van der Waals surface area contributed by atoms with Crippen molar-refractivity contribution < 1.29 is 9.53 Å². The average molecular weight is 409 g/mol. The van der Waals surface area contributed by atoms with Gasteiger partial charge in [-0.2, -0.15) is 0 Å². The first kappa shape index (κ1) is 16.4. The van der Waals surface area contributed by atoms with E-state index < -0.39 is 0 Å². The molecule has 2 rings (SSSR count). The number of anilines is 1. The SMILES string of the molecule is COc1c(Cl)cc(C(=O)Nc2ccc(Br)cc2Cl)cc1Cl. The standard InChI is InChI=1S/C14H9BrCl3NO2/c1-21-13-10(17)4-7(5-11(13)18)14(20)19-12-3-2-8(15)6-9(12)16/h2-6H,1H3,(H,19,20). The molecule has 0 bridgehead atoms. The van der Waals surface area contributed by atoms with Gasteiger partial charge in [0.05, 0.1) is 27.9 Å². The van der Waals surface area contributed by atoms with Gasteiger partial charge in [-0.15, -0.1) is 0 Å². The lowest BCUT2D eigenvalue weighted by Crippen LogP contribution is -2.12. The summed E-state index contributed by atoms with van der Waals surface area (Å²) < 4.78 is 5.86. The molecule has 1 N–H and O–H groups in total. The molecule has 0 fully saturated rings. The minimum Gasteiger partial charge on any atom is -0.494 e. The van der Waals surface area contributed by atoms with Crippen molar-refractivity contribution in [1.82, 2.24) is 0 Å². The largest absolute Gasteiger partial charge is 0.494 e. The molecule has 7 heteroatoms. The Labute approximate surface area is 145 Å². The van der Waals surface area contributed by atoms with Gasteiger partial charge in [0, 0.05) is 10.0 Å². The maximum Gasteiger partial charge on any atom is 0.255 e. The molecule has 0 saturated carbocycles. The summed E-state index contributed by atoms with van der Waals surface area (Å²) in [6, 6.07) is 8.11. The topological polar surface area (TPSA) is 38.3 Å². The van der Waals surface area contributed by atoms with Crippen LogP contribution >= 0.6 is 50.7 Å². The first-order valence-electron chi connectivity index (χ1n) is 5.72. The number of carbonyl (C=O) groups excluding carboxylic acids is 1. The van der Waals surface area contributed by atoms with E-state index in [1.807, 2.05) is 0 Å². The van der Waals surface area contributed by atoms with E-state index in [1.54, 1.807) is 18.2 Å². The molecule has 21 heavy (non-hydrogen) atoms. The number of halogens is 4. The molecular formula is C14H9BrCl3NO2. The molecule has 0 aliphatic heterocycles. The third-order valence-electron chi connectivity index (χ3n) is 2.64. The fourth-order valence-corrected chi connectivity index (χ4v) is 3.03. The van der Waals surface area contributed by atoms with Gasteiger partial charge in [0.15, 0.2) is 5.75 Å². The summed E-state index contributed by atoms with van der Waals surface area (Å²) in [6.45, 7) is 0. The lowest BCUT2D eigenvalue weighted by atomic mass is 10.2. The molecule has 1 amide bonds. The van der Waals surface area contributed by atoms with E-state index in [-0.39, 0.29) is 16.0 Å². The monoisotopic (exact) mass is 407 g/mol. The van der Waals surface area contributed by atoms with Gasteiger partial charge in [0.2, 0.25) is 0 Å². The van der Waals surface area contributed by atoms with Crippen LogP contribution in [0.2, 0.25) is 15.1 Å². The third kappa shape index (κ3) is 3.83. The Balaban J connectivity index is 2.28. The van der Waals surface area contributed by atoms with Crippen molar-refractivity contribution in [3.63, 3.8) is 0 Å². The predicted molar refractivity (Wildman–Crippen MR) is 90.1 cm³/mol. The van der Waals surface area contributed by atoms with Crippen molar-refractivity contribution in [2.45, 2.75) is 0 Å². The number of amides is 1. The number of hydrogen-bond donors (Lipinski definition) is 1. The normalized spacial score (nSPS) is 10.3. The van der Waals surface area contributed by atoms with Crippen molar-refractivity contribution in [3.05, 3.63) is 55.4 Å². The quantitative estimate of drug-likeness (QED) is 0.709. The van der Waals surface area contributed by atoms with Gasteiger partial charge in [-0.1, -0.05) is 50.7 Å². The van der Waals surface area contributed by atoms with E-state index in [0.717, 1.165) is 4.47 Å². The highest BCUT2D eigenvalue weighted by Gasteiger charge is 2.14. The fourth-order valence-electron chi connectivity index (χ4n) is 1.67. The molecule has 110 valence electrons. The van der Waals surface area contributed by atoms with Gasteiger partial charge in [-0.05, 0) is 30.3 Å². The van der Waals surface area contributed by atoms with E-state index in [0.29, 0.717) is 22.0 Å². The second-order valence-corrected chi connectivity index (χ2v) is 6.19. The molecule has 0 unspecified atom stereocenters. The summed E-state index contributed by atoms with van der Waals surface area (Å²) in [5.74, 6) is -0.0396. The van der Waals surface area contributed by atoms with E-state index in [2.05, 4.69) is 21.2 Å². The van der Waals surface area contributed by atoms with Gasteiger partial charge in [-0.3, -0.25) is 4.79 Å². The van der Waals surface area contributed by atoms with Crippen LogP contribution in [-0.4, -0.2) is 13.0 Å². The van der Waals surface area contributed by atoms with Crippen molar-refractivity contribution in [3.8, 4) is 5.75 Å². The van der Waals surface area contributed by atoms with Gasteiger partial charge < -0.3 is 10.1 Å². The lowest BCUT2D eigenvalue weighted by Gasteiger charge is -2.10. The van der Waals surface area contributed by atoms with Gasteiger partial charge in [-0.25, -0.2) is 0 Å². The summed E-state index contributed by atoms with van der Waals surface area (Å²) in [5, 5.41) is 3.64. The number of carbonyl (C=O) groups is 1. The molecule has 2 aromatic carbocycles. The van der Waals surface area contributed by atoms with E-state index in [4.69, 9.17) is 39.5 Å². The Morgan fingerprint density at radius 2 is 1.71 bits per heavy atom. The van der Waals surface area contributed by atoms with Crippen LogP contribution in [0.4, 0.5) is 5.69 Å². The Morgan fingerprint density at radius 1 is 1.10 bits per heavy atom. The molecule has 0 spiro atoms. The molecule has 2 aromatic rings. The zero-order valence-electron chi connectivity index (χ0n) is 10.7. The van der Waals surface area contributed by atoms with Crippen LogP contribution in [-0.2, 0) is 0 Å². The second kappa shape index (κ2) is 6.88. The summed E-state index contributed by atoms with van der Waals surface area (Å²) in [5.41, 5.74) is 0.803. The van der Waals surface area contributed by atoms with Gasteiger partial charge >= 0.3 is 0 Å². The maximum absolute atomic E-state index is 12.2. The van der Waals surface area contributed by atoms with Crippen LogP contribution < -0.4 is 10.1 Å². The van der Waals surface area contributed by atoms with Gasteiger partial charge in [0.1, 0.15) is 0 Å². The predicted octanol–water partition coefficient (Wildman–Crippen LogP) is 5.67. The lowest BCUT2D eigenvalue weighted by molar-refractivity contribution is 0.102. The first-order valence-corrected chi connectivity index (χ1v) is 7.64. The molecule has 0 aromatic heterocycles. The van der Waals surface area contributed by atoms with Crippen LogP contribution in [0.5, 0.6) is 5.75 Å².